The SMILES string of the molecule is CSS[C@@H](C)OC1C[C@H](n2ncc3c(=O)[nH]c(/N=C\N(C)C)nc32)O[C@@H]1CO[Si](c1ccccc1)(c1ccccc1)C(C)(C)C. The second-order valence-electron chi connectivity index (χ2n) is 12.3. The van der Waals surface area contributed by atoms with E-state index in [9.17, 15) is 4.79 Å². The third kappa shape index (κ3) is 7.23. The number of hydrogen-bond acceptors (Lipinski definition) is 9. The molecule has 10 nitrogen and oxygen atoms in total. The lowest BCUT2D eigenvalue weighted by Gasteiger charge is -2.43. The number of rotatable bonds is 12. The molecule has 1 N–H and O–H groups in total. The van der Waals surface area contributed by atoms with Crippen LogP contribution in [0.25, 0.3) is 11.0 Å². The van der Waals surface area contributed by atoms with Gasteiger partial charge in [0.2, 0.25) is 5.95 Å². The van der Waals surface area contributed by atoms with Gasteiger partial charge < -0.3 is 18.8 Å². The Morgan fingerprint density at radius 2 is 1.80 bits per heavy atom. The van der Waals surface area contributed by atoms with E-state index in [1.54, 1.807) is 37.5 Å². The van der Waals surface area contributed by atoms with Gasteiger partial charge in [-0.1, -0.05) is 103 Å². The average Bonchev–Trinajstić information content (AvgIpc) is 3.61. The van der Waals surface area contributed by atoms with Crippen molar-refractivity contribution in [1.82, 2.24) is 24.6 Å². The van der Waals surface area contributed by atoms with E-state index >= 15 is 0 Å². The van der Waals surface area contributed by atoms with Gasteiger partial charge in [0, 0.05) is 20.5 Å². The van der Waals surface area contributed by atoms with Crippen LogP contribution in [0.5, 0.6) is 0 Å². The van der Waals surface area contributed by atoms with Gasteiger partial charge in [0.05, 0.1) is 25.2 Å². The van der Waals surface area contributed by atoms with Gasteiger partial charge in [-0.15, -0.1) is 0 Å². The zero-order chi connectivity index (χ0) is 32.2. The van der Waals surface area contributed by atoms with Crippen LogP contribution in [0.3, 0.4) is 0 Å². The molecule has 0 spiro atoms. The van der Waals surface area contributed by atoms with Crippen molar-refractivity contribution >= 4 is 63.6 Å². The molecule has 3 heterocycles. The number of nitrogens with one attached hydrogen (secondary N) is 1. The van der Waals surface area contributed by atoms with Crippen LogP contribution in [0.2, 0.25) is 5.04 Å². The summed E-state index contributed by atoms with van der Waals surface area (Å²) in [6, 6.07) is 21.1. The minimum absolute atomic E-state index is 0.0648. The summed E-state index contributed by atoms with van der Waals surface area (Å²) in [5, 5.41) is 7.15. The molecule has 1 saturated heterocycles. The highest BCUT2D eigenvalue weighted by molar-refractivity contribution is 8.76. The number of hydrogen-bond donors (Lipinski definition) is 1. The minimum atomic E-state index is -2.81. The Kier molecular flexibility index (Phi) is 10.6. The van der Waals surface area contributed by atoms with Crippen molar-refractivity contribution in [2.75, 3.05) is 27.0 Å². The predicted octanol–water partition coefficient (Wildman–Crippen LogP) is 4.95. The molecular weight excluding hydrogens is 625 g/mol. The van der Waals surface area contributed by atoms with Crippen LogP contribution in [-0.4, -0.2) is 83.9 Å². The molecule has 0 amide bonds. The van der Waals surface area contributed by atoms with Crippen LogP contribution in [0.15, 0.2) is 76.6 Å². The summed E-state index contributed by atoms with van der Waals surface area (Å²) in [5.41, 5.74) is 0.0398. The van der Waals surface area contributed by atoms with Crippen LogP contribution in [0.4, 0.5) is 5.95 Å². The van der Waals surface area contributed by atoms with E-state index in [1.165, 1.54) is 16.6 Å². The van der Waals surface area contributed by atoms with Crippen molar-refractivity contribution in [3.8, 4) is 0 Å². The van der Waals surface area contributed by atoms with Gasteiger partial charge in [0.1, 0.15) is 16.9 Å². The molecule has 2 aromatic heterocycles. The maximum absolute atomic E-state index is 12.9. The third-order valence-corrected chi connectivity index (χ3v) is 14.8. The first-order valence-electron chi connectivity index (χ1n) is 15.0. The summed E-state index contributed by atoms with van der Waals surface area (Å²) < 4.78 is 22.2. The molecule has 2 aromatic carbocycles. The summed E-state index contributed by atoms with van der Waals surface area (Å²) in [5.74, 6) is 0.199. The molecule has 45 heavy (non-hydrogen) atoms. The first kappa shape index (κ1) is 33.4. The predicted molar refractivity (Wildman–Crippen MR) is 188 cm³/mol. The molecule has 1 fully saturated rings. The normalized spacial score (nSPS) is 19.8. The summed E-state index contributed by atoms with van der Waals surface area (Å²) in [7, 11) is 4.21. The second kappa shape index (κ2) is 14.2. The molecule has 0 aliphatic carbocycles. The molecule has 0 saturated carbocycles. The number of benzene rings is 2. The summed E-state index contributed by atoms with van der Waals surface area (Å²) in [4.78, 5) is 26.3. The zero-order valence-electron chi connectivity index (χ0n) is 26.8. The van der Waals surface area contributed by atoms with Crippen molar-refractivity contribution in [2.24, 2.45) is 4.99 Å². The Morgan fingerprint density at radius 3 is 2.38 bits per heavy atom. The maximum Gasteiger partial charge on any atom is 0.263 e. The highest BCUT2D eigenvalue weighted by atomic mass is 33.1. The number of aromatic nitrogens is 4. The van der Waals surface area contributed by atoms with Crippen molar-refractivity contribution in [3.05, 3.63) is 77.2 Å². The maximum atomic E-state index is 12.9. The van der Waals surface area contributed by atoms with Gasteiger partial charge >= 0.3 is 0 Å². The molecule has 1 unspecified atom stereocenters. The van der Waals surface area contributed by atoms with E-state index in [0.29, 0.717) is 24.1 Å². The van der Waals surface area contributed by atoms with Crippen molar-refractivity contribution in [1.29, 1.82) is 0 Å². The van der Waals surface area contributed by atoms with E-state index in [2.05, 4.69) is 89.4 Å². The molecule has 0 radical (unpaired) electrons. The molecular formula is C32H42N6O4S2Si. The molecule has 4 atom stereocenters. The number of ether oxygens (including phenoxy) is 2. The highest BCUT2D eigenvalue weighted by Gasteiger charge is 2.51. The average molecular weight is 667 g/mol. The second-order valence-corrected chi connectivity index (χ2v) is 19.3. The van der Waals surface area contributed by atoms with Crippen LogP contribution >= 0.6 is 21.6 Å². The quantitative estimate of drug-likeness (QED) is 0.0740. The lowest BCUT2D eigenvalue weighted by atomic mass is 10.2. The first-order chi connectivity index (χ1) is 21.5. The summed E-state index contributed by atoms with van der Waals surface area (Å²) in [6.07, 6.45) is 4.52. The Bertz CT molecular complexity index is 1600. The number of aliphatic imine (C=N–C) groups is 1. The lowest BCUT2D eigenvalue weighted by Crippen LogP contribution is -2.67. The van der Waals surface area contributed by atoms with Crippen LogP contribution in [0, 0.1) is 0 Å². The largest absolute Gasteiger partial charge is 0.405 e. The molecule has 13 heteroatoms. The Balaban J connectivity index is 1.50. The van der Waals surface area contributed by atoms with Crippen molar-refractivity contribution < 1.29 is 13.9 Å². The standard InChI is InChI=1S/C32H42N6O4S2Si/c1-22(44-43-7)41-26-18-28(38-29-25(19-34-38)30(39)36-31(35-29)33-21-37(5)6)42-27(26)20-40-45(32(2,3)4,23-14-10-8-11-15-23)24-16-12-9-13-17-24/h8-17,19,21-22,26-28H,18,20H2,1-7H3,(H,35,36,39)/b33-21-/t22-,26?,27+,28+/m0/s1. The number of aromatic amines is 1. The van der Waals surface area contributed by atoms with E-state index in [4.69, 9.17) is 13.9 Å². The summed E-state index contributed by atoms with van der Waals surface area (Å²) in [6.45, 7) is 9.17. The summed E-state index contributed by atoms with van der Waals surface area (Å²) >= 11 is 0. The molecule has 1 aliphatic heterocycles. The molecule has 0 bridgehead atoms. The lowest BCUT2D eigenvalue weighted by molar-refractivity contribution is -0.0623. The Labute approximate surface area is 273 Å². The van der Waals surface area contributed by atoms with Gasteiger partial charge in [0.15, 0.2) is 11.9 Å². The third-order valence-electron chi connectivity index (χ3n) is 7.79. The highest BCUT2D eigenvalue weighted by Crippen LogP contribution is 2.39. The smallest absolute Gasteiger partial charge is 0.263 e. The van der Waals surface area contributed by atoms with E-state index in [0.717, 1.165) is 0 Å². The zero-order valence-corrected chi connectivity index (χ0v) is 29.5. The van der Waals surface area contributed by atoms with E-state index < -0.39 is 14.5 Å². The van der Waals surface area contributed by atoms with E-state index in [-0.39, 0.29) is 34.2 Å². The minimum Gasteiger partial charge on any atom is -0.405 e. The monoisotopic (exact) mass is 666 g/mol. The topological polar surface area (TPSA) is 107 Å². The van der Waals surface area contributed by atoms with Gasteiger partial charge in [-0.2, -0.15) is 10.1 Å². The van der Waals surface area contributed by atoms with Gasteiger partial charge in [-0.3, -0.25) is 9.78 Å². The van der Waals surface area contributed by atoms with Crippen LogP contribution < -0.4 is 15.9 Å². The number of H-pyrrole nitrogens is 1. The fourth-order valence-electron chi connectivity index (χ4n) is 5.88. The van der Waals surface area contributed by atoms with Gasteiger partial charge in [0.25, 0.3) is 13.9 Å². The Morgan fingerprint density at radius 1 is 1.16 bits per heavy atom. The Hall–Kier alpha value is -2.94. The number of fused-ring (bicyclic) bond motifs is 1. The fraction of sp³-hybridized carbons (Fsp3) is 0.438. The van der Waals surface area contributed by atoms with Crippen LogP contribution in [-0.2, 0) is 13.9 Å². The van der Waals surface area contributed by atoms with Gasteiger partial charge in [-0.05, 0) is 28.6 Å². The van der Waals surface area contributed by atoms with E-state index in [1.807, 2.05) is 39.4 Å². The number of nitrogens with zero attached hydrogens (tertiary/aromatic N) is 5. The first-order valence-corrected chi connectivity index (χ1v) is 19.5. The van der Waals surface area contributed by atoms with Crippen molar-refractivity contribution in [3.63, 3.8) is 0 Å². The van der Waals surface area contributed by atoms with Crippen LogP contribution in [0.1, 0.15) is 40.3 Å². The van der Waals surface area contributed by atoms with Crippen molar-refractivity contribution in [2.45, 2.75) is 63.0 Å². The van der Waals surface area contributed by atoms with Gasteiger partial charge in [-0.25, -0.2) is 9.67 Å². The molecule has 5 rings (SSSR count). The molecule has 1 aliphatic rings. The molecule has 4 aromatic rings. The molecule has 240 valence electrons. The fourth-order valence-corrected chi connectivity index (χ4v) is 11.9.